The summed E-state index contributed by atoms with van der Waals surface area (Å²) in [6.45, 7) is 0. The van der Waals surface area contributed by atoms with Crippen molar-refractivity contribution in [1.82, 2.24) is 10.3 Å². The average molecular weight is 332 g/mol. The van der Waals surface area contributed by atoms with Crippen molar-refractivity contribution in [3.63, 3.8) is 0 Å². The molecule has 0 saturated heterocycles. The van der Waals surface area contributed by atoms with Gasteiger partial charge in [-0.3, -0.25) is 0 Å². The third-order valence-electron chi connectivity index (χ3n) is 4.14. The van der Waals surface area contributed by atoms with Gasteiger partial charge in [0.1, 0.15) is 22.5 Å². The lowest BCUT2D eigenvalue weighted by Crippen LogP contribution is -1.88. The Bertz CT molecular complexity index is 1040. The van der Waals surface area contributed by atoms with E-state index in [1.165, 1.54) is 0 Å². The smallest absolute Gasteiger partial charge is 0.143 e. The zero-order chi connectivity index (χ0) is 17.2. The largest absolute Gasteiger partial charge is 0.497 e. The van der Waals surface area contributed by atoms with Crippen molar-refractivity contribution < 1.29 is 14.1 Å². The van der Waals surface area contributed by atoms with E-state index >= 15 is 0 Å². The number of hydrogen-bond donors (Lipinski definition) is 0. The maximum atomic E-state index is 5.34. The first kappa shape index (κ1) is 15.2. The van der Waals surface area contributed by atoms with E-state index in [0.717, 1.165) is 39.3 Å². The number of hydrogen-bond acceptors (Lipinski definition) is 5. The van der Waals surface area contributed by atoms with Crippen LogP contribution in [0.25, 0.3) is 33.3 Å². The highest BCUT2D eigenvalue weighted by Crippen LogP contribution is 2.34. The van der Waals surface area contributed by atoms with E-state index in [1.807, 2.05) is 54.6 Å². The summed E-state index contributed by atoms with van der Waals surface area (Å²) in [4.78, 5) is 0. The van der Waals surface area contributed by atoms with Crippen molar-refractivity contribution in [2.75, 3.05) is 14.2 Å². The van der Waals surface area contributed by atoms with Crippen LogP contribution in [0.1, 0.15) is 0 Å². The second-order valence-corrected chi connectivity index (χ2v) is 5.62. The Kier molecular flexibility index (Phi) is 3.82. The van der Waals surface area contributed by atoms with Crippen LogP contribution in [-0.4, -0.2) is 24.5 Å². The standard InChI is InChI=1S/C20H16N2O3/c1-23-16-7-3-5-13(9-16)15-11-18(20-19(12-15)21-25-22-20)14-6-4-8-17(10-14)24-2/h3-12H,1-2H3. The van der Waals surface area contributed by atoms with Crippen LogP contribution in [-0.2, 0) is 0 Å². The van der Waals surface area contributed by atoms with Gasteiger partial charge in [-0.25, -0.2) is 4.63 Å². The molecule has 0 aliphatic rings. The highest BCUT2D eigenvalue weighted by atomic mass is 16.6. The van der Waals surface area contributed by atoms with Gasteiger partial charge in [-0.05, 0) is 63.4 Å². The van der Waals surface area contributed by atoms with E-state index in [1.54, 1.807) is 14.2 Å². The van der Waals surface area contributed by atoms with Gasteiger partial charge in [-0.15, -0.1) is 0 Å². The minimum atomic E-state index is 0.707. The van der Waals surface area contributed by atoms with Crippen LogP contribution in [0.4, 0.5) is 0 Å². The molecule has 0 N–H and O–H groups in total. The molecule has 0 atom stereocenters. The summed E-state index contributed by atoms with van der Waals surface area (Å²) in [6, 6.07) is 19.8. The summed E-state index contributed by atoms with van der Waals surface area (Å²) in [5.74, 6) is 1.59. The van der Waals surface area contributed by atoms with E-state index in [2.05, 4.69) is 16.4 Å². The number of fused-ring (bicyclic) bond motifs is 1. The molecule has 1 aromatic heterocycles. The Morgan fingerprint density at radius 2 is 1.40 bits per heavy atom. The number of methoxy groups -OCH3 is 2. The van der Waals surface area contributed by atoms with Crippen LogP contribution >= 0.6 is 0 Å². The zero-order valence-corrected chi connectivity index (χ0v) is 13.9. The van der Waals surface area contributed by atoms with Crippen molar-refractivity contribution in [3.05, 3.63) is 60.7 Å². The fourth-order valence-electron chi connectivity index (χ4n) is 2.87. The topological polar surface area (TPSA) is 57.4 Å². The van der Waals surface area contributed by atoms with Crippen LogP contribution in [0, 0.1) is 0 Å². The Hall–Kier alpha value is -3.34. The molecule has 5 heteroatoms. The first-order chi connectivity index (χ1) is 12.3. The molecule has 0 unspecified atom stereocenters. The van der Waals surface area contributed by atoms with Gasteiger partial charge in [-0.1, -0.05) is 24.3 Å². The fourth-order valence-corrected chi connectivity index (χ4v) is 2.87. The molecule has 0 spiro atoms. The van der Waals surface area contributed by atoms with Gasteiger partial charge in [0.05, 0.1) is 14.2 Å². The quantitative estimate of drug-likeness (QED) is 0.548. The van der Waals surface area contributed by atoms with Crippen molar-refractivity contribution in [1.29, 1.82) is 0 Å². The van der Waals surface area contributed by atoms with Crippen molar-refractivity contribution in [2.24, 2.45) is 0 Å². The molecule has 0 aliphatic carbocycles. The number of rotatable bonds is 4. The third-order valence-corrected chi connectivity index (χ3v) is 4.14. The minimum Gasteiger partial charge on any atom is -0.497 e. The summed E-state index contributed by atoms with van der Waals surface area (Å²) >= 11 is 0. The molecule has 0 amide bonds. The highest BCUT2D eigenvalue weighted by Gasteiger charge is 2.13. The number of ether oxygens (including phenoxy) is 2. The molecule has 0 aliphatic heterocycles. The van der Waals surface area contributed by atoms with Gasteiger partial charge in [0, 0.05) is 5.56 Å². The number of benzene rings is 3. The summed E-state index contributed by atoms with van der Waals surface area (Å²) in [5.41, 5.74) is 5.41. The SMILES string of the molecule is COc1cccc(-c2cc(-c3cccc(OC)c3)c3nonc3c2)c1. The normalized spacial score (nSPS) is 10.8. The molecule has 124 valence electrons. The molecular weight excluding hydrogens is 316 g/mol. The van der Waals surface area contributed by atoms with Crippen molar-refractivity contribution in [3.8, 4) is 33.8 Å². The predicted molar refractivity (Wildman–Crippen MR) is 95.8 cm³/mol. The number of aromatic nitrogens is 2. The molecule has 0 radical (unpaired) electrons. The Labute approximate surface area is 144 Å². The van der Waals surface area contributed by atoms with Crippen molar-refractivity contribution in [2.45, 2.75) is 0 Å². The van der Waals surface area contributed by atoms with E-state index in [-0.39, 0.29) is 0 Å². The van der Waals surface area contributed by atoms with Crippen LogP contribution < -0.4 is 9.47 Å². The second kappa shape index (κ2) is 6.28. The van der Waals surface area contributed by atoms with Gasteiger partial charge in [-0.2, -0.15) is 0 Å². The van der Waals surface area contributed by atoms with E-state index in [0.29, 0.717) is 5.52 Å². The Morgan fingerprint density at radius 1 is 0.720 bits per heavy atom. The minimum absolute atomic E-state index is 0.707. The Balaban J connectivity index is 1.93. The van der Waals surface area contributed by atoms with E-state index in [9.17, 15) is 0 Å². The van der Waals surface area contributed by atoms with Crippen LogP contribution in [0.2, 0.25) is 0 Å². The first-order valence-electron chi connectivity index (χ1n) is 7.83. The van der Waals surface area contributed by atoms with E-state index in [4.69, 9.17) is 14.1 Å². The Morgan fingerprint density at radius 3 is 2.12 bits per heavy atom. The maximum Gasteiger partial charge on any atom is 0.143 e. The summed E-state index contributed by atoms with van der Waals surface area (Å²) in [5, 5.41) is 8.10. The van der Waals surface area contributed by atoms with Crippen molar-refractivity contribution >= 4 is 11.0 Å². The predicted octanol–water partition coefficient (Wildman–Crippen LogP) is 4.57. The second-order valence-electron chi connectivity index (χ2n) is 5.62. The first-order valence-corrected chi connectivity index (χ1v) is 7.83. The van der Waals surface area contributed by atoms with Gasteiger partial charge < -0.3 is 9.47 Å². The molecule has 4 aromatic rings. The average Bonchev–Trinajstić information content (AvgIpc) is 3.16. The molecule has 3 aromatic carbocycles. The summed E-state index contributed by atoms with van der Waals surface area (Å²) in [6.07, 6.45) is 0. The van der Waals surface area contributed by atoms with Gasteiger partial charge >= 0.3 is 0 Å². The fraction of sp³-hybridized carbons (Fsp3) is 0.100. The molecule has 0 bridgehead atoms. The van der Waals surface area contributed by atoms with Crippen LogP contribution in [0.15, 0.2) is 65.3 Å². The van der Waals surface area contributed by atoms with E-state index < -0.39 is 0 Å². The van der Waals surface area contributed by atoms with Gasteiger partial charge in [0.25, 0.3) is 0 Å². The molecule has 0 fully saturated rings. The van der Waals surface area contributed by atoms with Gasteiger partial charge in [0.15, 0.2) is 0 Å². The molecular formula is C20H16N2O3. The third kappa shape index (κ3) is 2.80. The lowest BCUT2D eigenvalue weighted by Gasteiger charge is -2.09. The lowest BCUT2D eigenvalue weighted by atomic mass is 9.97. The molecule has 0 saturated carbocycles. The molecule has 25 heavy (non-hydrogen) atoms. The zero-order valence-electron chi connectivity index (χ0n) is 13.9. The number of nitrogens with zero attached hydrogens (tertiary/aromatic N) is 2. The maximum absolute atomic E-state index is 5.34. The molecule has 4 rings (SSSR count). The molecule has 1 heterocycles. The van der Waals surface area contributed by atoms with Crippen LogP contribution in [0.3, 0.4) is 0 Å². The molecule has 5 nitrogen and oxygen atoms in total. The monoisotopic (exact) mass is 332 g/mol. The van der Waals surface area contributed by atoms with Crippen LogP contribution in [0.5, 0.6) is 11.5 Å². The lowest BCUT2D eigenvalue weighted by molar-refractivity contribution is 0.315. The summed E-state index contributed by atoms with van der Waals surface area (Å²) in [7, 11) is 3.31. The highest BCUT2D eigenvalue weighted by molar-refractivity contribution is 5.95. The summed E-state index contributed by atoms with van der Waals surface area (Å²) < 4.78 is 15.6. The van der Waals surface area contributed by atoms with Gasteiger partial charge in [0.2, 0.25) is 0 Å².